The molecule has 0 saturated carbocycles. The predicted octanol–water partition coefficient (Wildman–Crippen LogP) is 6.26. The largest absolute Gasteiger partial charge is 0.461 e. The number of furan rings is 1. The van der Waals surface area contributed by atoms with Crippen LogP contribution in [0.1, 0.15) is 42.2 Å². The number of hydrogen-bond donors (Lipinski definition) is 1. The molecule has 4 aromatic rings. The highest BCUT2D eigenvalue weighted by Gasteiger charge is 2.26. The number of anilines is 1. The van der Waals surface area contributed by atoms with Crippen LogP contribution in [0.3, 0.4) is 0 Å². The molecule has 182 valence electrons. The van der Waals surface area contributed by atoms with Gasteiger partial charge in [-0.25, -0.2) is 0 Å². The number of carbonyl (C=O) groups is 2. The molecule has 36 heavy (non-hydrogen) atoms. The summed E-state index contributed by atoms with van der Waals surface area (Å²) >= 11 is 0. The Balaban J connectivity index is 1.37. The summed E-state index contributed by atoms with van der Waals surface area (Å²) in [4.78, 5) is 27.8. The van der Waals surface area contributed by atoms with Crippen LogP contribution < -0.4 is 5.32 Å². The lowest BCUT2D eigenvalue weighted by molar-refractivity contribution is -0.135. The molecule has 5 nitrogen and oxygen atoms in total. The van der Waals surface area contributed by atoms with Gasteiger partial charge in [0.2, 0.25) is 11.8 Å². The normalized spacial score (nSPS) is 13.1. The van der Waals surface area contributed by atoms with Gasteiger partial charge in [-0.1, -0.05) is 86.6 Å². The Kier molecular flexibility index (Phi) is 6.72. The quantitative estimate of drug-likeness (QED) is 0.356. The Labute approximate surface area is 211 Å². The van der Waals surface area contributed by atoms with Crippen molar-refractivity contribution in [3.05, 3.63) is 113 Å². The van der Waals surface area contributed by atoms with Crippen LogP contribution in [0, 0.1) is 5.92 Å². The van der Waals surface area contributed by atoms with Gasteiger partial charge in [-0.05, 0) is 29.3 Å². The van der Waals surface area contributed by atoms with E-state index >= 15 is 0 Å². The van der Waals surface area contributed by atoms with Crippen molar-refractivity contribution in [1.82, 2.24) is 4.90 Å². The van der Waals surface area contributed by atoms with E-state index in [2.05, 4.69) is 5.32 Å². The molecule has 5 rings (SSSR count). The lowest BCUT2D eigenvalue weighted by Gasteiger charge is -2.27. The standard InChI is InChI=1S/C31H30N2O3/c1-21(2)31(35)33-17-16-27-25(20-33)19-28(36-27)24-14-9-15-26(18-24)32-30(34)29(22-10-5-3-6-11-22)23-12-7-4-8-13-23/h3-15,18-19,21,29H,16-17,20H2,1-2H3,(H,32,34). The van der Waals surface area contributed by atoms with Crippen LogP contribution in [0.5, 0.6) is 0 Å². The van der Waals surface area contributed by atoms with Crippen molar-refractivity contribution in [3.8, 4) is 11.3 Å². The molecule has 0 fully saturated rings. The Morgan fingerprint density at radius 2 is 1.53 bits per heavy atom. The van der Waals surface area contributed by atoms with Gasteiger partial charge >= 0.3 is 0 Å². The summed E-state index contributed by atoms with van der Waals surface area (Å²) in [5.74, 6) is 1.31. The van der Waals surface area contributed by atoms with Crippen LogP contribution in [0.2, 0.25) is 0 Å². The maximum absolute atomic E-state index is 13.5. The van der Waals surface area contributed by atoms with E-state index in [1.807, 2.05) is 110 Å². The monoisotopic (exact) mass is 478 g/mol. The van der Waals surface area contributed by atoms with Crippen LogP contribution in [-0.4, -0.2) is 23.3 Å². The summed E-state index contributed by atoms with van der Waals surface area (Å²) in [6.07, 6.45) is 0.708. The Morgan fingerprint density at radius 3 is 2.17 bits per heavy atom. The van der Waals surface area contributed by atoms with Gasteiger partial charge in [-0.2, -0.15) is 0 Å². The van der Waals surface area contributed by atoms with Crippen molar-refractivity contribution in [2.45, 2.75) is 32.7 Å². The number of benzene rings is 3. The molecule has 1 aliphatic heterocycles. The Bertz CT molecular complexity index is 1320. The minimum Gasteiger partial charge on any atom is -0.461 e. The van der Waals surface area contributed by atoms with Crippen LogP contribution in [0.15, 0.2) is 95.4 Å². The summed E-state index contributed by atoms with van der Waals surface area (Å²) in [6.45, 7) is 5.10. The molecule has 0 radical (unpaired) electrons. The third-order valence-corrected chi connectivity index (χ3v) is 6.61. The van der Waals surface area contributed by atoms with Gasteiger partial charge in [0.25, 0.3) is 0 Å². The number of carbonyl (C=O) groups excluding carboxylic acids is 2. The van der Waals surface area contributed by atoms with Gasteiger partial charge in [0.15, 0.2) is 0 Å². The fourth-order valence-electron chi connectivity index (χ4n) is 4.78. The first-order chi connectivity index (χ1) is 17.5. The lowest BCUT2D eigenvalue weighted by atomic mass is 9.90. The summed E-state index contributed by atoms with van der Waals surface area (Å²) in [5.41, 5.74) is 4.53. The highest BCUT2D eigenvalue weighted by Crippen LogP contribution is 2.32. The summed E-state index contributed by atoms with van der Waals surface area (Å²) in [5, 5.41) is 3.11. The van der Waals surface area contributed by atoms with Crippen molar-refractivity contribution >= 4 is 17.5 Å². The number of fused-ring (bicyclic) bond motifs is 1. The molecule has 0 spiro atoms. The molecule has 0 atom stereocenters. The summed E-state index contributed by atoms with van der Waals surface area (Å²) in [6, 6.07) is 29.4. The van der Waals surface area contributed by atoms with Crippen molar-refractivity contribution < 1.29 is 14.0 Å². The van der Waals surface area contributed by atoms with E-state index < -0.39 is 5.92 Å². The lowest BCUT2D eigenvalue weighted by Crippen LogP contribution is -2.37. The molecule has 5 heteroatoms. The third-order valence-electron chi connectivity index (χ3n) is 6.61. The first-order valence-electron chi connectivity index (χ1n) is 12.4. The zero-order valence-electron chi connectivity index (χ0n) is 20.6. The molecule has 1 aromatic heterocycles. The smallest absolute Gasteiger partial charge is 0.236 e. The molecular formula is C31H30N2O3. The fraction of sp³-hybridized carbons (Fsp3) is 0.226. The first kappa shape index (κ1) is 23.6. The van der Waals surface area contributed by atoms with Crippen molar-refractivity contribution in [1.29, 1.82) is 0 Å². The minimum absolute atomic E-state index is 0.0196. The molecule has 0 aliphatic carbocycles. The van der Waals surface area contributed by atoms with Crippen LogP contribution in [-0.2, 0) is 22.6 Å². The van der Waals surface area contributed by atoms with Crippen LogP contribution >= 0.6 is 0 Å². The Hall–Kier alpha value is -4.12. The van der Waals surface area contributed by atoms with Gasteiger partial charge in [0.1, 0.15) is 11.5 Å². The summed E-state index contributed by atoms with van der Waals surface area (Å²) < 4.78 is 6.18. The van der Waals surface area contributed by atoms with Gasteiger partial charge in [0.05, 0.1) is 5.92 Å². The van der Waals surface area contributed by atoms with Crippen molar-refractivity contribution in [2.24, 2.45) is 5.92 Å². The topological polar surface area (TPSA) is 62.6 Å². The molecule has 2 amide bonds. The molecule has 0 bridgehead atoms. The van der Waals surface area contributed by atoms with E-state index in [0.29, 0.717) is 25.2 Å². The average molecular weight is 479 g/mol. The maximum atomic E-state index is 13.5. The molecule has 1 aliphatic rings. The second kappa shape index (κ2) is 10.2. The average Bonchev–Trinajstić information content (AvgIpc) is 3.33. The molecule has 3 aromatic carbocycles. The molecule has 2 heterocycles. The number of amides is 2. The van der Waals surface area contributed by atoms with Gasteiger partial charge < -0.3 is 14.6 Å². The molecule has 0 saturated heterocycles. The van der Waals surface area contributed by atoms with E-state index in [1.165, 1.54) is 0 Å². The highest BCUT2D eigenvalue weighted by molar-refractivity contribution is 5.98. The van der Waals surface area contributed by atoms with Crippen molar-refractivity contribution in [2.75, 3.05) is 11.9 Å². The second-order valence-corrected chi connectivity index (χ2v) is 9.55. The number of nitrogens with one attached hydrogen (secondary N) is 1. The number of rotatable bonds is 6. The zero-order valence-corrected chi connectivity index (χ0v) is 20.6. The first-order valence-corrected chi connectivity index (χ1v) is 12.4. The second-order valence-electron chi connectivity index (χ2n) is 9.55. The van der Waals surface area contributed by atoms with Gasteiger partial charge in [-0.3, -0.25) is 9.59 Å². The maximum Gasteiger partial charge on any atom is 0.236 e. The van der Waals surface area contributed by atoms with E-state index in [-0.39, 0.29) is 17.7 Å². The van der Waals surface area contributed by atoms with Crippen LogP contribution in [0.25, 0.3) is 11.3 Å². The minimum atomic E-state index is -0.420. The van der Waals surface area contributed by atoms with Crippen molar-refractivity contribution in [3.63, 3.8) is 0 Å². The van der Waals surface area contributed by atoms with E-state index in [0.717, 1.165) is 33.8 Å². The Morgan fingerprint density at radius 1 is 0.861 bits per heavy atom. The van der Waals surface area contributed by atoms with E-state index in [4.69, 9.17) is 4.42 Å². The van der Waals surface area contributed by atoms with Gasteiger partial charge in [0, 0.05) is 42.2 Å². The highest BCUT2D eigenvalue weighted by atomic mass is 16.3. The fourth-order valence-corrected chi connectivity index (χ4v) is 4.78. The third kappa shape index (κ3) is 4.96. The molecular weight excluding hydrogens is 448 g/mol. The SMILES string of the molecule is CC(C)C(=O)N1CCc2oc(-c3cccc(NC(=O)C(c4ccccc4)c4ccccc4)c3)cc2C1. The van der Waals surface area contributed by atoms with Crippen LogP contribution in [0.4, 0.5) is 5.69 Å². The summed E-state index contributed by atoms with van der Waals surface area (Å²) in [7, 11) is 0. The number of hydrogen-bond acceptors (Lipinski definition) is 3. The number of nitrogens with zero attached hydrogens (tertiary/aromatic N) is 1. The molecule has 0 unspecified atom stereocenters. The predicted molar refractivity (Wildman–Crippen MR) is 141 cm³/mol. The zero-order chi connectivity index (χ0) is 25.1. The van der Waals surface area contributed by atoms with E-state index in [9.17, 15) is 9.59 Å². The molecule has 1 N–H and O–H groups in total. The van der Waals surface area contributed by atoms with Gasteiger partial charge in [-0.15, -0.1) is 0 Å². The van der Waals surface area contributed by atoms with E-state index in [1.54, 1.807) is 0 Å².